The largest absolute Gasteiger partial charge is 0.331 e. The monoisotopic (exact) mass is 402 g/mol. The highest BCUT2D eigenvalue weighted by Gasteiger charge is 2.34. The van der Waals surface area contributed by atoms with Gasteiger partial charge in [0.1, 0.15) is 0 Å². The smallest absolute Gasteiger partial charge is 0.261 e. The minimum Gasteiger partial charge on any atom is -0.331 e. The number of aromatic nitrogens is 2. The summed E-state index contributed by atoms with van der Waals surface area (Å²) in [6, 6.07) is 13.1. The molecule has 2 heterocycles. The lowest BCUT2D eigenvalue weighted by atomic mass is 10.1. The van der Waals surface area contributed by atoms with E-state index >= 15 is 0 Å². The van der Waals surface area contributed by atoms with Gasteiger partial charge in [0.25, 0.3) is 11.8 Å². The van der Waals surface area contributed by atoms with E-state index in [2.05, 4.69) is 10.3 Å². The van der Waals surface area contributed by atoms with E-state index in [1.807, 2.05) is 0 Å². The van der Waals surface area contributed by atoms with Crippen LogP contribution in [0.25, 0.3) is 0 Å². The molecule has 0 saturated carbocycles. The average molecular weight is 402 g/mol. The van der Waals surface area contributed by atoms with E-state index in [0.717, 1.165) is 4.90 Å². The van der Waals surface area contributed by atoms with E-state index in [4.69, 9.17) is 0 Å². The molecule has 0 unspecified atom stereocenters. The van der Waals surface area contributed by atoms with E-state index < -0.39 is 0 Å². The lowest BCUT2D eigenvalue weighted by Gasteiger charge is -2.13. The van der Waals surface area contributed by atoms with Gasteiger partial charge in [0, 0.05) is 43.7 Å². The maximum atomic E-state index is 12.4. The van der Waals surface area contributed by atoms with Gasteiger partial charge in [0.15, 0.2) is 5.82 Å². The number of carbonyl (C=O) groups is 4. The van der Waals surface area contributed by atoms with Crippen LogP contribution in [0.1, 0.15) is 43.3 Å². The fourth-order valence-corrected chi connectivity index (χ4v) is 3.30. The first-order valence-electron chi connectivity index (χ1n) is 9.33. The molecule has 0 atom stereocenters. The van der Waals surface area contributed by atoms with Crippen LogP contribution in [-0.4, -0.2) is 44.5 Å². The molecule has 0 aliphatic carbocycles. The Morgan fingerprint density at radius 3 is 2.17 bits per heavy atom. The van der Waals surface area contributed by atoms with Crippen molar-refractivity contribution in [2.75, 3.05) is 11.9 Å². The van der Waals surface area contributed by atoms with Crippen LogP contribution in [0.3, 0.4) is 0 Å². The minimum absolute atomic E-state index is 0.00604. The van der Waals surface area contributed by atoms with Crippen LogP contribution in [0, 0.1) is 0 Å². The summed E-state index contributed by atoms with van der Waals surface area (Å²) >= 11 is 0. The second-order valence-electron chi connectivity index (χ2n) is 6.87. The number of aryl methyl sites for hydroxylation is 1. The zero-order valence-corrected chi connectivity index (χ0v) is 16.2. The first-order valence-corrected chi connectivity index (χ1v) is 9.33. The second kappa shape index (κ2) is 7.75. The molecule has 0 saturated heterocycles. The first-order chi connectivity index (χ1) is 14.5. The highest BCUT2D eigenvalue weighted by atomic mass is 16.2. The normalized spacial score (nSPS) is 12.8. The van der Waals surface area contributed by atoms with Gasteiger partial charge in [-0.25, -0.2) is 4.98 Å². The molecule has 8 nitrogen and oxygen atoms in total. The van der Waals surface area contributed by atoms with Crippen molar-refractivity contribution < 1.29 is 19.2 Å². The summed E-state index contributed by atoms with van der Waals surface area (Å²) in [7, 11) is 1.74. The fourth-order valence-electron chi connectivity index (χ4n) is 3.30. The van der Waals surface area contributed by atoms with Crippen molar-refractivity contribution in [1.29, 1.82) is 0 Å². The van der Waals surface area contributed by atoms with Gasteiger partial charge in [-0.3, -0.25) is 24.1 Å². The summed E-state index contributed by atoms with van der Waals surface area (Å²) in [5, 5.41) is 2.71. The topological polar surface area (TPSA) is 101 Å². The van der Waals surface area contributed by atoms with E-state index in [1.54, 1.807) is 72.5 Å². The molecule has 0 fully saturated rings. The van der Waals surface area contributed by atoms with E-state index in [1.165, 1.54) is 0 Å². The van der Waals surface area contributed by atoms with Gasteiger partial charge >= 0.3 is 0 Å². The van der Waals surface area contributed by atoms with Crippen molar-refractivity contribution in [2.45, 2.75) is 6.42 Å². The van der Waals surface area contributed by atoms with E-state index in [0.29, 0.717) is 28.2 Å². The Labute approximate surface area is 172 Å². The standard InChI is InChI=1S/C22H18N4O4/c1-25-13-11-23-20(25)19(28)14-6-8-15(9-7-14)24-18(27)10-12-26-21(29)16-4-2-3-5-17(16)22(26)30/h2-9,11,13H,10,12H2,1H3,(H,24,27). The third-order valence-electron chi connectivity index (χ3n) is 4.90. The Morgan fingerprint density at radius 1 is 0.967 bits per heavy atom. The maximum Gasteiger partial charge on any atom is 0.261 e. The highest BCUT2D eigenvalue weighted by molar-refractivity contribution is 6.21. The van der Waals surface area contributed by atoms with Crippen LogP contribution >= 0.6 is 0 Å². The van der Waals surface area contributed by atoms with Crippen LogP contribution in [-0.2, 0) is 11.8 Å². The minimum atomic E-state index is -0.388. The van der Waals surface area contributed by atoms with Crippen molar-refractivity contribution in [1.82, 2.24) is 14.5 Å². The number of fused-ring (bicyclic) bond motifs is 1. The summed E-state index contributed by atoms with van der Waals surface area (Å²) in [5.74, 6) is -1.01. The summed E-state index contributed by atoms with van der Waals surface area (Å²) in [6.07, 6.45) is 3.21. The molecule has 1 aromatic heterocycles. The van der Waals surface area contributed by atoms with Gasteiger partial charge in [-0.05, 0) is 36.4 Å². The molecule has 4 rings (SSSR count). The number of nitrogens with zero attached hydrogens (tertiary/aromatic N) is 3. The molecule has 2 aromatic carbocycles. The van der Waals surface area contributed by atoms with Crippen LogP contribution in [0.15, 0.2) is 60.9 Å². The summed E-state index contributed by atoms with van der Waals surface area (Å²) < 4.78 is 1.64. The van der Waals surface area contributed by atoms with Gasteiger partial charge in [0.05, 0.1) is 11.1 Å². The number of ketones is 1. The number of imidazole rings is 1. The number of amides is 3. The van der Waals surface area contributed by atoms with Crippen LogP contribution in [0.5, 0.6) is 0 Å². The molecule has 0 radical (unpaired) electrons. The number of imide groups is 1. The summed E-state index contributed by atoms with van der Waals surface area (Å²) in [5.41, 5.74) is 1.68. The lowest BCUT2D eigenvalue weighted by Crippen LogP contribution is -2.32. The molecule has 1 N–H and O–H groups in total. The van der Waals surface area contributed by atoms with Crippen LogP contribution in [0.4, 0.5) is 5.69 Å². The van der Waals surface area contributed by atoms with Crippen LogP contribution in [0.2, 0.25) is 0 Å². The van der Waals surface area contributed by atoms with Gasteiger partial charge in [-0.15, -0.1) is 0 Å². The fraction of sp³-hybridized carbons (Fsp3) is 0.136. The molecular formula is C22H18N4O4. The molecule has 150 valence electrons. The SMILES string of the molecule is Cn1ccnc1C(=O)c1ccc(NC(=O)CCN2C(=O)c3ccccc3C2=O)cc1. The number of nitrogens with one attached hydrogen (secondary N) is 1. The number of carbonyl (C=O) groups excluding carboxylic acids is 4. The molecule has 8 heteroatoms. The van der Waals surface area contributed by atoms with Gasteiger partial charge in [0.2, 0.25) is 11.7 Å². The Kier molecular flexibility index (Phi) is 4.97. The maximum absolute atomic E-state index is 12.4. The van der Waals surface area contributed by atoms with E-state index in [-0.39, 0.29) is 36.5 Å². The molecule has 1 aliphatic heterocycles. The lowest BCUT2D eigenvalue weighted by molar-refractivity contribution is -0.116. The molecule has 0 bridgehead atoms. The summed E-state index contributed by atoms with van der Waals surface area (Å²) in [4.78, 5) is 54.5. The molecular weight excluding hydrogens is 384 g/mol. The summed E-state index contributed by atoms with van der Waals surface area (Å²) in [6.45, 7) is -0.00604. The Morgan fingerprint density at radius 2 is 1.60 bits per heavy atom. The van der Waals surface area contributed by atoms with Gasteiger partial charge < -0.3 is 9.88 Å². The molecule has 0 spiro atoms. The predicted octanol–water partition coefficient (Wildman–Crippen LogP) is 2.28. The first kappa shape index (κ1) is 19.3. The number of rotatable bonds is 6. The third-order valence-corrected chi connectivity index (χ3v) is 4.90. The number of hydrogen-bond donors (Lipinski definition) is 1. The zero-order valence-electron chi connectivity index (χ0n) is 16.2. The molecule has 30 heavy (non-hydrogen) atoms. The Bertz CT molecular complexity index is 1130. The third kappa shape index (κ3) is 3.50. The van der Waals surface area contributed by atoms with Crippen molar-refractivity contribution in [3.05, 3.63) is 83.4 Å². The number of hydrogen-bond acceptors (Lipinski definition) is 5. The van der Waals surface area contributed by atoms with Crippen molar-refractivity contribution in [3.63, 3.8) is 0 Å². The second-order valence-corrected chi connectivity index (χ2v) is 6.87. The quantitative estimate of drug-likeness (QED) is 0.503. The van der Waals surface area contributed by atoms with Gasteiger partial charge in [-0.1, -0.05) is 12.1 Å². The predicted molar refractivity (Wildman–Crippen MR) is 108 cm³/mol. The Balaban J connectivity index is 1.35. The van der Waals surface area contributed by atoms with Crippen molar-refractivity contribution in [2.24, 2.45) is 7.05 Å². The Hall–Kier alpha value is -4.07. The highest BCUT2D eigenvalue weighted by Crippen LogP contribution is 2.22. The van der Waals surface area contributed by atoms with Gasteiger partial charge in [-0.2, -0.15) is 0 Å². The zero-order chi connectivity index (χ0) is 21.3. The number of benzene rings is 2. The van der Waals surface area contributed by atoms with Crippen molar-refractivity contribution >= 4 is 29.2 Å². The molecule has 3 aromatic rings. The average Bonchev–Trinajstić information content (AvgIpc) is 3.28. The molecule has 3 amide bonds. The van der Waals surface area contributed by atoms with E-state index in [9.17, 15) is 19.2 Å². The van der Waals surface area contributed by atoms with Crippen LogP contribution < -0.4 is 5.32 Å². The molecule has 1 aliphatic rings. The number of anilines is 1. The van der Waals surface area contributed by atoms with Crippen molar-refractivity contribution in [3.8, 4) is 0 Å².